The van der Waals surface area contributed by atoms with Crippen molar-refractivity contribution in [1.29, 1.82) is 0 Å². The molecule has 4 aliphatic rings. The van der Waals surface area contributed by atoms with Gasteiger partial charge in [0.15, 0.2) is 25.2 Å². The Labute approximate surface area is 387 Å². The first-order valence-electron chi connectivity index (χ1n) is 20.9. The van der Waals surface area contributed by atoms with Gasteiger partial charge in [-0.15, -0.1) is 0 Å². The highest BCUT2D eigenvalue weighted by Gasteiger charge is 2.47. The summed E-state index contributed by atoms with van der Waals surface area (Å²) in [6.07, 6.45) is -11.6. The number of ether oxygens (including phenoxy) is 4. The Morgan fingerprint density at radius 3 is 1.09 bits per heavy atom. The quantitative estimate of drug-likeness (QED) is 0.0529. The number of hydrogen-bond donors (Lipinski definition) is 13. The third-order valence-electron chi connectivity index (χ3n) is 10.6. The van der Waals surface area contributed by atoms with E-state index < -0.39 is 135 Å². The molecular formula is C35H62N16O17. The van der Waals surface area contributed by atoms with E-state index in [0.717, 1.165) is 6.42 Å². The third-order valence-corrected chi connectivity index (χ3v) is 10.6. The van der Waals surface area contributed by atoms with Crippen LogP contribution >= 0.6 is 0 Å². The van der Waals surface area contributed by atoms with E-state index in [2.05, 4.69) is 61.4 Å². The van der Waals surface area contributed by atoms with Gasteiger partial charge in [0, 0.05) is 53.3 Å². The molecule has 384 valence electrons. The van der Waals surface area contributed by atoms with Crippen molar-refractivity contribution in [3.63, 3.8) is 0 Å². The predicted octanol–water partition coefficient (Wildman–Crippen LogP) is -2.93. The zero-order valence-corrected chi connectivity index (χ0v) is 38.0. The second-order valence-electron chi connectivity index (χ2n) is 15.5. The van der Waals surface area contributed by atoms with Gasteiger partial charge in [-0.3, -0.25) is 19.2 Å². The fourth-order valence-electron chi connectivity index (χ4n) is 7.34. The van der Waals surface area contributed by atoms with Crippen LogP contribution in [0.15, 0.2) is 20.5 Å². The molecule has 33 nitrogen and oxygen atoms in total. The first kappa shape index (κ1) is 60.6. The predicted molar refractivity (Wildman–Crippen MR) is 228 cm³/mol. The molecule has 0 spiro atoms. The van der Waals surface area contributed by atoms with E-state index in [4.69, 9.17) is 46.2 Å². The van der Waals surface area contributed by atoms with Gasteiger partial charge in [-0.25, -0.2) is 0 Å². The maximum atomic E-state index is 11.0. The summed E-state index contributed by atoms with van der Waals surface area (Å²) in [5, 5.41) is 110. The minimum Gasteiger partial charge on any atom is -0.394 e. The van der Waals surface area contributed by atoms with Gasteiger partial charge >= 0.3 is 0 Å². The van der Waals surface area contributed by atoms with E-state index in [0.29, 0.717) is 6.42 Å². The Morgan fingerprint density at radius 1 is 0.485 bits per heavy atom. The Kier molecular flexibility index (Phi) is 26.9. The van der Waals surface area contributed by atoms with Crippen LogP contribution in [0.3, 0.4) is 0 Å². The second kappa shape index (κ2) is 30.2. The van der Waals surface area contributed by atoms with Crippen LogP contribution in [0.2, 0.25) is 0 Å². The summed E-state index contributed by atoms with van der Waals surface area (Å²) in [5.74, 6) is -1.76. The number of carbonyl (C=O) groups is 4. The van der Waals surface area contributed by atoms with Crippen molar-refractivity contribution >= 4 is 23.6 Å². The second-order valence-corrected chi connectivity index (χ2v) is 15.5. The normalized spacial score (nSPS) is 37.1. The van der Waals surface area contributed by atoms with Crippen LogP contribution in [0, 0.1) is 5.92 Å². The molecule has 0 aromatic heterocycles. The maximum Gasteiger partial charge on any atom is 0.217 e. The number of carbonyl (C=O) groups excluding carboxylic acids is 4. The summed E-state index contributed by atoms with van der Waals surface area (Å²) in [6.45, 7) is 9.82. The van der Waals surface area contributed by atoms with E-state index in [1.807, 2.05) is 13.8 Å². The molecule has 4 aliphatic heterocycles. The Bertz CT molecular complexity index is 1770. The average molecular weight is 979 g/mol. The number of hydrogen-bond acceptors (Lipinski definition) is 21. The molecule has 4 fully saturated rings. The monoisotopic (exact) mass is 978 g/mol. The minimum atomic E-state index is -1.50. The highest BCUT2D eigenvalue weighted by atomic mass is 16.6. The first-order chi connectivity index (χ1) is 32.0. The van der Waals surface area contributed by atoms with E-state index >= 15 is 0 Å². The van der Waals surface area contributed by atoms with Crippen LogP contribution in [0.5, 0.6) is 0 Å². The standard InChI is InChI=1S/C10H19NO4.C9H16N4O4.C8H13N7O4.C8H14N4O5/c1-4-7-5(2)9(13)8(10(14)15-7)11-6(3)12;1-3-5-6(12-13-10)8(15)7(9(16)17-5)11-4(2)14;1-3(16)12-6-7(17)5(13-15-10)4(2-11-14-9)19-8(6)18;1-3(14)10-6-7(15)5(11-12-9)4(2-13)17-8(6)16/h5,7-10,13-14H,4H2,1-3H3,(H,11,12);5-9,15-16H,3H2,1-2H3,(H,11,14);4-8,17-18H,2H2,1H3,(H,12,16);4-8,13,15-16H,2H2,1H3,(H,10,14)/t5-,7?,8?,9+,10?;5?,6-,7?,8+,9?;2*4?,5-,6?,7+,8?/m1111/s1. The molecule has 4 amide bonds. The molecule has 20 atom stereocenters. The Balaban J connectivity index is 0.000000455. The lowest BCUT2D eigenvalue weighted by Gasteiger charge is -2.41. The highest BCUT2D eigenvalue weighted by molar-refractivity contribution is 5.74. The molecular weight excluding hydrogens is 916 g/mol. The van der Waals surface area contributed by atoms with E-state index in [-0.39, 0.29) is 24.5 Å². The molecule has 0 aromatic rings. The Hall–Kier alpha value is -5.40. The van der Waals surface area contributed by atoms with Crippen LogP contribution in [0.4, 0.5) is 0 Å². The van der Waals surface area contributed by atoms with Crippen LogP contribution in [0.1, 0.15) is 61.3 Å². The van der Waals surface area contributed by atoms with Gasteiger partial charge < -0.3 is 86.2 Å². The van der Waals surface area contributed by atoms with Crippen molar-refractivity contribution in [3.8, 4) is 0 Å². The molecule has 68 heavy (non-hydrogen) atoms. The fourth-order valence-corrected chi connectivity index (χ4v) is 7.34. The fraction of sp³-hybridized carbons (Fsp3) is 0.886. The number of azide groups is 4. The zero-order chi connectivity index (χ0) is 52.0. The third kappa shape index (κ3) is 17.9. The van der Waals surface area contributed by atoms with Crippen molar-refractivity contribution in [2.75, 3.05) is 13.2 Å². The molecule has 0 bridgehead atoms. The zero-order valence-electron chi connectivity index (χ0n) is 38.0. The van der Waals surface area contributed by atoms with Crippen molar-refractivity contribution in [2.24, 2.45) is 26.4 Å². The van der Waals surface area contributed by atoms with Gasteiger partial charge in [0.05, 0.1) is 80.1 Å². The van der Waals surface area contributed by atoms with E-state index in [9.17, 15) is 60.0 Å². The molecule has 12 unspecified atom stereocenters. The van der Waals surface area contributed by atoms with Gasteiger partial charge in [0.1, 0.15) is 24.2 Å². The summed E-state index contributed by atoms with van der Waals surface area (Å²) in [5.41, 5.74) is 33.5. The van der Waals surface area contributed by atoms with Gasteiger partial charge in [-0.1, -0.05) is 41.2 Å². The number of aliphatic hydroxyl groups excluding tert-OH is 9. The van der Waals surface area contributed by atoms with E-state index in [1.165, 1.54) is 27.7 Å². The van der Waals surface area contributed by atoms with E-state index in [1.54, 1.807) is 6.92 Å². The number of nitrogens with one attached hydrogen (secondary N) is 4. The Morgan fingerprint density at radius 2 is 0.779 bits per heavy atom. The molecule has 33 heteroatoms. The van der Waals surface area contributed by atoms with Gasteiger partial charge in [-0.05, 0) is 35.0 Å². The SMILES string of the molecule is CC(=O)NC1C(O)OC(CN=[N+]=[N-])[C@@H](N=[N+]=[N-])[C@@H]1O.CC(=O)NC1C(O)OC(CO)[C@@H](N=[N+]=[N-])[C@@H]1O.CCC1OC(O)C(NC(C)=O)[C@@H](O)[C@@H]1C.CCC1OC(O)C(NC(C)=O)[C@@H](O)[C@@H]1N=[N+]=[N-]. The molecule has 0 radical (unpaired) electrons. The number of amides is 4. The summed E-state index contributed by atoms with van der Waals surface area (Å²) >= 11 is 0. The minimum absolute atomic E-state index is 0.102. The van der Waals surface area contributed by atoms with Gasteiger partial charge in [-0.2, -0.15) is 0 Å². The number of aliphatic hydroxyl groups is 9. The lowest BCUT2D eigenvalue weighted by Crippen LogP contribution is -2.63. The average Bonchev–Trinajstić information content (AvgIpc) is 3.27. The molecule has 4 rings (SSSR count). The summed E-state index contributed by atoms with van der Waals surface area (Å²) in [7, 11) is 0. The lowest BCUT2D eigenvalue weighted by atomic mass is 9.88. The first-order valence-corrected chi connectivity index (χ1v) is 20.9. The topological polar surface area (TPSA) is 530 Å². The molecule has 0 aliphatic carbocycles. The summed E-state index contributed by atoms with van der Waals surface area (Å²) in [6, 6.07) is -6.96. The molecule has 4 heterocycles. The molecule has 0 aromatic carbocycles. The van der Waals surface area contributed by atoms with Crippen molar-refractivity contribution in [2.45, 2.75) is 178 Å². The summed E-state index contributed by atoms with van der Waals surface area (Å²) < 4.78 is 20.6. The van der Waals surface area contributed by atoms with Crippen LogP contribution in [-0.4, -0.2) is 199 Å². The van der Waals surface area contributed by atoms with Gasteiger partial charge in [0.25, 0.3) is 0 Å². The van der Waals surface area contributed by atoms with Crippen molar-refractivity contribution in [3.05, 3.63) is 41.8 Å². The number of nitrogens with zero attached hydrogens (tertiary/aromatic N) is 12. The molecule has 0 saturated carbocycles. The largest absolute Gasteiger partial charge is 0.394 e. The molecule has 13 N–H and O–H groups in total. The summed E-state index contributed by atoms with van der Waals surface area (Å²) in [4.78, 5) is 53.9. The van der Waals surface area contributed by atoms with Crippen molar-refractivity contribution < 1.29 is 84.1 Å². The van der Waals surface area contributed by atoms with Crippen LogP contribution < -0.4 is 21.3 Å². The lowest BCUT2D eigenvalue weighted by molar-refractivity contribution is -0.228. The number of rotatable bonds is 12. The van der Waals surface area contributed by atoms with Crippen LogP contribution in [-0.2, 0) is 38.1 Å². The van der Waals surface area contributed by atoms with Gasteiger partial charge in [0.2, 0.25) is 23.6 Å². The smallest absolute Gasteiger partial charge is 0.217 e. The molecule has 4 saturated heterocycles. The highest BCUT2D eigenvalue weighted by Crippen LogP contribution is 2.28. The maximum absolute atomic E-state index is 11.0. The van der Waals surface area contributed by atoms with Crippen LogP contribution in [0.25, 0.3) is 41.8 Å². The van der Waals surface area contributed by atoms with Crippen molar-refractivity contribution in [1.82, 2.24) is 21.3 Å².